The molecule has 0 spiro atoms. The zero-order valence-electron chi connectivity index (χ0n) is 26.0. The predicted octanol–water partition coefficient (Wildman–Crippen LogP) is 4.54. The van der Waals surface area contributed by atoms with E-state index in [1.807, 2.05) is 32.0 Å². The van der Waals surface area contributed by atoms with Gasteiger partial charge < -0.3 is 25.1 Å². The van der Waals surface area contributed by atoms with Crippen LogP contribution in [0.3, 0.4) is 0 Å². The summed E-state index contributed by atoms with van der Waals surface area (Å²) in [5, 5.41) is 13.1. The molecule has 2 N–H and O–H groups in total. The van der Waals surface area contributed by atoms with E-state index >= 15 is 0 Å². The molecule has 0 unspecified atom stereocenters. The molecule has 3 aliphatic heterocycles. The van der Waals surface area contributed by atoms with Crippen molar-refractivity contribution in [2.45, 2.75) is 46.0 Å². The molecule has 0 radical (unpaired) electrons. The number of halogens is 3. The summed E-state index contributed by atoms with van der Waals surface area (Å²) in [6, 6.07) is 5.36. The maximum absolute atomic E-state index is 11.7. The van der Waals surface area contributed by atoms with E-state index in [4.69, 9.17) is 27.9 Å². The van der Waals surface area contributed by atoms with E-state index in [0.29, 0.717) is 41.9 Å². The highest BCUT2D eigenvalue weighted by Crippen LogP contribution is 2.28. The topological polar surface area (TPSA) is 92.8 Å². The van der Waals surface area contributed by atoms with Gasteiger partial charge in [-0.2, -0.15) is 5.10 Å². The number of benzene rings is 1. The van der Waals surface area contributed by atoms with E-state index in [0.717, 1.165) is 50.5 Å². The van der Waals surface area contributed by atoms with E-state index in [1.54, 1.807) is 12.1 Å². The standard InChI is InChI=1S/C14H18Cl2N4O.C14H26IN3O2.C2H6/c1-17-7-2-3-14(21)18-13-6-8-20(19-13)10-4-5-11(15)12(16)9-10;15-18-3-1-14(2-4-18)13-17-7-5-16(6-8-17)9-11-20-12-10-19;1-2/h4-5,9,17H,2-3,6-8H2,1H3,(H,18,19,21);10,14H,1-9,11-13H2;1-2H3. The Labute approximate surface area is 282 Å². The third-order valence-electron chi connectivity index (χ3n) is 7.40. The lowest BCUT2D eigenvalue weighted by Crippen LogP contribution is -2.49. The third kappa shape index (κ3) is 15.2. The van der Waals surface area contributed by atoms with Gasteiger partial charge in [-0.3, -0.25) is 14.7 Å². The van der Waals surface area contributed by atoms with Crippen molar-refractivity contribution in [2.24, 2.45) is 11.0 Å². The van der Waals surface area contributed by atoms with Crippen molar-refractivity contribution in [1.29, 1.82) is 0 Å². The van der Waals surface area contributed by atoms with E-state index in [2.05, 4.69) is 51.5 Å². The lowest BCUT2D eigenvalue weighted by atomic mass is 9.97. The van der Waals surface area contributed by atoms with Crippen molar-refractivity contribution >= 4 is 69.8 Å². The van der Waals surface area contributed by atoms with Gasteiger partial charge in [-0.25, -0.2) is 3.11 Å². The molecular weight excluding hydrogens is 704 g/mol. The summed E-state index contributed by atoms with van der Waals surface area (Å²) >= 11 is 14.3. The quantitative estimate of drug-likeness (QED) is 0.139. The van der Waals surface area contributed by atoms with E-state index < -0.39 is 0 Å². The number of amidine groups is 1. The van der Waals surface area contributed by atoms with Gasteiger partial charge in [0, 0.05) is 94.6 Å². The van der Waals surface area contributed by atoms with E-state index in [-0.39, 0.29) is 12.5 Å². The van der Waals surface area contributed by atoms with Crippen molar-refractivity contribution in [2.75, 3.05) is 90.7 Å². The monoisotopic (exact) mass is 753 g/mol. The number of hydrazone groups is 1. The van der Waals surface area contributed by atoms with Crippen LogP contribution in [0.25, 0.3) is 0 Å². The van der Waals surface area contributed by atoms with Crippen molar-refractivity contribution < 1.29 is 14.3 Å². The van der Waals surface area contributed by atoms with Crippen LogP contribution in [0.2, 0.25) is 10.0 Å². The molecule has 2 saturated heterocycles. The minimum atomic E-state index is -0.0000106. The lowest BCUT2D eigenvalue weighted by molar-refractivity contribution is -0.119. The molecule has 1 aromatic rings. The predicted molar refractivity (Wildman–Crippen MR) is 187 cm³/mol. The van der Waals surface area contributed by atoms with Crippen LogP contribution in [0.5, 0.6) is 0 Å². The SMILES string of the molecule is CC.CNCCCC(=O)NC1=NN(c2ccc(Cl)c(Cl)c2)CC1.O=CCOCCN1CCN(CC2CCN(I)CC2)CC1. The number of rotatable bonds is 12. The van der Waals surface area contributed by atoms with Crippen LogP contribution in [0.1, 0.15) is 46.0 Å². The van der Waals surface area contributed by atoms with Crippen LogP contribution in [0, 0.1) is 5.92 Å². The summed E-state index contributed by atoms with van der Waals surface area (Å²) in [6.07, 6.45) is 5.53. The first-order valence-corrected chi connectivity index (χ1v) is 17.2. The average Bonchev–Trinajstić information content (AvgIpc) is 3.48. The first-order chi connectivity index (χ1) is 20.9. The number of hydrogen-bond donors (Lipinski definition) is 2. The van der Waals surface area contributed by atoms with Gasteiger partial charge >= 0.3 is 0 Å². The zero-order valence-corrected chi connectivity index (χ0v) is 29.7. The molecule has 1 aromatic carbocycles. The van der Waals surface area contributed by atoms with Crippen LogP contribution in [0.15, 0.2) is 23.3 Å². The number of nitrogens with one attached hydrogen (secondary N) is 2. The van der Waals surface area contributed by atoms with Gasteiger partial charge in [-0.05, 0) is 57.0 Å². The Hall–Kier alpha value is -1.06. The maximum Gasteiger partial charge on any atom is 0.225 e. The van der Waals surface area contributed by atoms with Crippen LogP contribution in [-0.4, -0.2) is 117 Å². The van der Waals surface area contributed by atoms with Gasteiger partial charge in [0.15, 0.2) is 0 Å². The van der Waals surface area contributed by atoms with Crippen molar-refractivity contribution in [3.05, 3.63) is 28.2 Å². The fourth-order valence-corrected chi connectivity index (χ4v) is 5.85. The summed E-state index contributed by atoms with van der Waals surface area (Å²) in [4.78, 5) is 27.0. The van der Waals surface area contributed by atoms with Crippen LogP contribution in [-0.2, 0) is 14.3 Å². The summed E-state index contributed by atoms with van der Waals surface area (Å²) in [6.45, 7) is 15.8. The van der Waals surface area contributed by atoms with Gasteiger partial charge in [0.05, 0.1) is 22.3 Å². The van der Waals surface area contributed by atoms with Gasteiger partial charge in [-0.15, -0.1) is 0 Å². The molecule has 2 fully saturated rings. The molecule has 3 heterocycles. The minimum Gasteiger partial charge on any atom is -0.373 e. The summed E-state index contributed by atoms with van der Waals surface area (Å²) in [5.74, 6) is 1.58. The van der Waals surface area contributed by atoms with Crippen LogP contribution < -0.4 is 15.6 Å². The zero-order chi connectivity index (χ0) is 31.5. The summed E-state index contributed by atoms with van der Waals surface area (Å²) in [5.41, 5.74) is 0.865. The molecule has 0 bridgehead atoms. The largest absolute Gasteiger partial charge is 0.373 e. The third-order valence-corrected chi connectivity index (χ3v) is 9.10. The first-order valence-electron chi connectivity index (χ1n) is 15.5. The molecule has 13 heteroatoms. The number of piperidine rings is 1. The molecule has 43 heavy (non-hydrogen) atoms. The van der Waals surface area contributed by atoms with E-state index in [1.165, 1.54) is 45.6 Å². The fourth-order valence-electron chi connectivity index (χ4n) is 5.00. The van der Waals surface area contributed by atoms with E-state index in [9.17, 15) is 9.59 Å². The summed E-state index contributed by atoms with van der Waals surface area (Å²) < 4.78 is 7.62. The Kier molecular flexibility index (Phi) is 19.9. The molecule has 10 nitrogen and oxygen atoms in total. The molecular formula is C30H50Cl2IN7O3. The highest BCUT2D eigenvalue weighted by molar-refractivity contribution is 14.1. The molecule has 244 valence electrons. The second-order valence-electron chi connectivity index (χ2n) is 10.5. The fraction of sp³-hybridized carbons (Fsp3) is 0.700. The Morgan fingerprint density at radius 2 is 1.77 bits per heavy atom. The number of ether oxygens (including phenoxy) is 1. The van der Waals surface area contributed by atoms with Crippen LogP contribution in [0.4, 0.5) is 5.69 Å². The van der Waals surface area contributed by atoms with Gasteiger partial charge in [0.2, 0.25) is 5.91 Å². The number of amides is 1. The molecule has 0 aromatic heterocycles. The molecule has 0 saturated carbocycles. The molecule has 4 rings (SSSR count). The number of aldehydes is 1. The minimum absolute atomic E-state index is 0.0000106. The first kappa shape index (κ1) is 38.1. The second-order valence-corrected chi connectivity index (χ2v) is 12.7. The Morgan fingerprint density at radius 3 is 2.42 bits per heavy atom. The number of hydrogen-bond acceptors (Lipinski definition) is 9. The molecule has 1 amide bonds. The van der Waals surface area contributed by atoms with Gasteiger partial charge in [0.25, 0.3) is 0 Å². The van der Waals surface area contributed by atoms with Gasteiger partial charge in [0.1, 0.15) is 18.7 Å². The highest BCUT2D eigenvalue weighted by atomic mass is 127. The molecule has 0 atom stereocenters. The average molecular weight is 755 g/mol. The number of piperazine rings is 1. The van der Waals surface area contributed by atoms with Crippen molar-refractivity contribution in [1.82, 2.24) is 23.5 Å². The number of anilines is 1. The normalized spacial score (nSPS) is 18.3. The highest BCUT2D eigenvalue weighted by Gasteiger charge is 2.23. The Morgan fingerprint density at radius 1 is 1.07 bits per heavy atom. The Bertz CT molecular complexity index is 975. The van der Waals surface area contributed by atoms with Gasteiger partial charge in [-0.1, -0.05) is 37.0 Å². The smallest absolute Gasteiger partial charge is 0.225 e. The number of nitrogens with zero attached hydrogens (tertiary/aromatic N) is 5. The molecule has 0 aliphatic carbocycles. The molecule has 3 aliphatic rings. The second kappa shape index (κ2) is 22.4. The maximum atomic E-state index is 11.7. The van der Waals surface area contributed by atoms with Crippen molar-refractivity contribution in [3.63, 3.8) is 0 Å². The number of carbonyl (C=O) groups excluding carboxylic acids is 2. The van der Waals surface area contributed by atoms with Crippen molar-refractivity contribution in [3.8, 4) is 0 Å². The van der Waals surface area contributed by atoms with Crippen LogP contribution >= 0.6 is 46.1 Å². The lowest BCUT2D eigenvalue weighted by Gasteiger charge is -2.38. The number of carbonyl (C=O) groups is 2. The Balaban J connectivity index is 0.000000284. The summed E-state index contributed by atoms with van der Waals surface area (Å²) in [7, 11) is 1.87.